The van der Waals surface area contributed by atoms with Gasteiger partial charge in [-0.15, -0.1) is 10.2 Å². The van der Waals surface area contributed by atoms with Gasteiger partial charge in [0.15, 0.2) is 5.82 Å². The molecule has 0 saturated carbocycles. The average molecular weight is 261 g/mol. The van der Waals surface area contributed by atoms with Crippen molar-refractivity contribution in [2.75, 3.05) is 0 Å². The van der Waals surface area contributed by atoms with Gasteiger partial charge in [0.05, 0.1) is 6.42 Å². The largest absolute Gasteiger partial charge is 0.486 e. The Morgan fingerprint density at radius 2 is 2.05 bits per heavy atom. The van der Waals surface area contributed by atoms with Gasteiger partial charge in [-0.3, -0.25) is 4.79 Å². The van der Waals surface area contributed by atoms with Gasteiger partial charge in [0.25, 0.3) is 0 Å². The highest BCUT2D eigenvalue weighted by molar-refractivity contribution is 5.66. The van der Waals surface area contributed by atoms with Crippen LogP contribution in [-0.4, -0.2) is 25.8 Å². The lowest BCUT2D eigenvalue weighted by atomic mass is 10.3. The summed E-state index contributed by atoms with van der Waals surface area (Å²) in [6, 6.07) is 9.38. The molecule has 100 valence electrons. The quantitative estimate of drug-likeness (QED) is 0.855. The Hall–Kier alpha value is -2.37. The number of rotatable bonds is 6. The van der Waals surface area contributed by atoms with E-state index in [0.717, 1.165) is 5.75 Å². The molecule has 0 spiro atoms. The van der Waals surface area contributed by atoms with Crippen molar-refractivity contribution in [2.24, 2.45) is 0 Å². The highest BCUT2D eigenvalue weighted by atomic mass is 16.5. The Morgan fingerprint density at radius 3 is 2.74 bits per heavy atom. The molecular weight excluding hydrogens is 246 g/mol. The summed E-state index contributed by atoms with van der Waals surface area (Å²) in [7, 11) is 0. The van der Waals surface area contributed by atoms with Gasteiger partial charge < -0.3 is 14.4 Å². The number of nitrogens with zero attached hydrogens (tertiary/aromatic N) is 3. The van der Waals surface area contributed by atoms with Gasteiger partial charge >= 0.3 is 5.97 Å². The van der Waals surface area contributed by atoms with Gasteiger partial charge in [-0.05, 0) is 19.1 Å². The number of hydrogen-bond donors (Lipinski definition) is 1. The van der Waals surface area contributed by atoms with Crippen LogP contribution in [0.25, 0.3) is 0 Å². The highest BCUT2D eigenvalue weighted by Crippen LogP contribution is 2.11. The number of aryl methyl sites for hydroxylation is 1. The number of ether oxygens (including phenoxy) is 1. The van der Waals surface area contributed by atoms with E-state index < -0.39 is 5.97 Å². The molecule has 0 unspecified atom stereocenters. The minimum atomic E-state index is -0.844. The number of benzene rings is 1. The van der Waals surface area contributed by atoms with E-state index in [1.165, 1.54) is 0 Å². The standard InChI is InChI=1S/C13H15N3O3/c1-10-14-15-12(16(10)8-7-13(17)18)9-19-11-5-3-2-4-6-11/h2-6H,7-9H2,1H3,(H,17,18). The maximum absolute atomic E-state index is 10.6. The fraction of sp³-hybridized carbons (Fsp3) is 0.308. The minimum Gasteiger partial charge on any atom is -0.486 e. The molecule has 0 bridgehead atoms. The molecule has 0 atom stereocenters. The molecular formula is C13H15N3O3. The monoisotopic (exact) mass is 261 g/mol. The fourth-order valence-electron chi connectivity index (χ4n) is 1.69. The molecule has 1 aromatic heterocycles. The molecule has 1 N–H and O–H groups in total. The third-order valence-corrected chi connectivity index (χ3v) is 2.67. The molecule has 0 aliphatic carbocycles. The van der Waals surface area contributed by atoms with E-state index in [0.29, 0.717) is 18.2 Å². The lowest BCUT2D eigenvalue weighted by molar-refractivity contribution is -0.137. The van der Waals surface area contributed by atoms with Crippen LogP contribution in [-0.2, 0) is 17.9 Å². The first-order valence-electron chi connectivity index (χ1n) is 5.95. The van der Waals surface area contributed by atoms with Crippen molar-refractivity contribution < 1.29 is 14.6 Å². The van der Waals surface area contributed by atoms with E-state index in [2.05, 4.69) is 10.2 Å². The van der Waals surface area contributed by atoms with Gasteiger partial charge in [0.1, 0.15) is 18.2 Å². The first-order valence-corrected chi connectivity index (χ1v) is 5.95. The van der Waals surface area contributed by atoms with Crippen molar-refractivity contribution in [1.82, 2.24) is 14.8 Å². The Bertz CT molecular complexity index is 552. The van der Waals surface area contributed by atoms with Crippen molar-refractivity contribution in [3.63, 3.8) is 0 Å². The first-order chi connectivity index (χ1) is 9.16. The summed E-state index contributed by atoms with van der Waals surface area (Å²) in [5, 5.41) is 16.7. The second-order valence-electron chi connectivity index (χ2n) is 4.06. The molecule has 6 nitrogen and oxygen atoms in total. The zero-order valence-corrected chi connectivity index (χ0v) is 10.6. The topological polar surface area (TPSA) is 77.2 Å². The van der Waals surface area contributed by atoms with Gasteiger partial charge in [0.2, 0.25) is 0 Å². The lowest BCUT2D eigenvalue weighted by Gasteiger charge is -2.08. The predicted molar refractivity (Wildman–Crippen MR) is 67.8 cm³/mol. The summed E-state index contributed by atoms with van der Waals surface area (Å²) in [5.74, 6) is 1.21. The number of carboxylic acids is 1. The van der Waals surface area contributed by atoms with Crippen molar-refractivity contribution in [3.8, 4) is 5.75 Å². The summed E-state index contributed by atoms with van der Waals surface area (Å²) in [6.45, 7) is 2.41. The Labute approximate surface area is 110 Å². The molecule has 2 aromatic rings. The summed E-state index contributed by atoms with van der Waals surface area (Å²) < 4.78 is 7.34. The van der Waals surface area contributed by atoms with Gasteiger partial charge in [-0.2, -0.15) is 0 Å². The molecule has 0 aliphatic rings. The number of para-hydroxylation sites is 1. The van der Waals surface area contributed by atoms with Crippen LogP contribution in [0.15, 0.2) is 30.3 Å². The Morgan fingerprint density at radius 1 is 1.32 bits per heavy atom. The maximum Gasteiger partial charge on any atom is 0.305 e. The molecule has 1 heterocycles. The van der Waals surface area contributed by atoms with E-state index in [1.807, 2.05) is 30.3 Å². The second-order valence-corrected chi connectivity index (χ2v) is 4.06. The summed E-state index contributed by atoms with van der Waals surface area (Å²) in [4.78, 5) is 10.6. The summed E-state index contributed by atoms with van der Waals surface area (Å²) in [5.41, 5.74) is 0. The first kappa shape index (κ1) is 13.1. The molecule has 0 saturated heterocycles. The van der Waals surface area contributed by atoms with Gasteiger partial charge in [-0.1, -0.05) is 18.2 Å². The molecule has 0 radical (unpaired) electrons. The second kappa shape index (κ2) is 5.99. The normalized spacial score (nSPS) is 10.4. The van der Waals surface area contributed by atoms with Gasteiger partial charge in [-0.25, -0.2) is 0 Å². The number of carboxylic acid groups (broad SMARTS) is 1. The van der Waals surface area contributed by atoms with Gasteiger partial charge in [0, 0.05) is 6.54 Å². The fourth-order valence-corrected chi connectivity index (χ4v) is 1.69. The van der Waals surface area contributed by atoms with Crippen molar-refractivity contribution in [3.05, 3.63) is 42.0 Å². The van der Waals surface area contributed by atoms with Crippen LogP contribution in [0.2, 0.25) is 0 Å². The van der Waals surface area contributed by atoms with Crippen LogP contribution in [0, 0.1) is 6.92 Å². The molecule has 6 heteroatoms. The third kappa shape index (κ3) is 3.54. The van der Waals surface area contributed by atoms with E-state index in [-0.39, 0.29) is 13.0 Å². The lowest BCUT2D eigenvalue weighted by Crippen LogP contribution is -2.11. The number of aromatic nitrogens is 3. The third-order valence-electron chi connectivity index (χ3n) is 2.67. The number of hydrogen-bond acceptors (Lipinski definition) is 4. The Balaban J connectivity index is 2.02. The molecule has 2 rings (SSSR count). The highest BCUT2D eigenvalue weighted by Gasteiger charge is 2.10. The smallest absolute Gasteiger partial charge is 0.305 e. The molecule has 19 heavy (non-hydrogen) atoms. The average Bonchev–Trinajstić information content (AvgIpc) is 2.76. The number of carbonyl (C=O) groups is 1. The van der Waals surface area contributed by atoms with Crippen molar-refractivity contribution in [1.29, 1.82) is 0 Å². The Kier molecular flexibility index (Phi) is 4.12. The van der Waals surface area contributed by atoms with Crippen LogP contribution >= 0.6 is 0 Å². The molecule has 0 amide bonds. The van der Waals surface area contributed by atoms with Crippen molar-refractivity contribution in [2.45, 2.75) is 26.5 Å². The molecule has 1 aromatic carbocycles. The zero-order chi connectivity index (χ0) is 13.7. The van der Waals surface area contributed by atoms with E-state index in [9.17, 15) is 4.79 Å². The SMILES string of the molecule is Cc1nnc(COc2ccccc2)n1CCC(=O)O. The zero-order valence-electron chi connectivity index (χ0n) is 10.6. The molecule has 0 aliphatic heterocycles. The summed E-state index contributed by atoms with van der Waals surface area (Å²) in [6.07, 6.45) is 0.0389. The van der Waals surface area contributed by atoms with E-state index in [4.69, 9.17) is 9.84 Å². The number of aliphatic carboxylic acids is 1. The maximum atomic E-state index is 10.6. The van der Waals surface area contributed by atoms with Crippen LogP contribution in [0.1, 0.15) is 18.1 Å². The van der Waals surface area contributed by atoms with Crippen LogP contribution < -0.4 is 4.74 Å². The van der Waals surface area contributed by atoms with E-state index in [1.54, 1.807) is 11.5 Å². The molecule has 0 fully saturated rings. The van der Waals surface area contributed by atoms with Crippen molar-refractivity contribution >= 4 is 5.97 Å². The van der Waals surface area contributed by atoms with Crippen LogP contribution in [0.5, 0.6) is 5.75 Å². The predicted octanol–water partition coefficient (Wildman–Crippen LogP) is 1.64. The van der Waals surface area contributed by atoms with Crippen LogP contribution in [0.4, 0.5) is 0 Å². The minimum absolute atomic E-state index is 0.0389. The van der Waals surface area contributed by atoms with Crippen LogP contribution in [0.3, 0.4) is 0 Å². The summed E-state index contributed by atoms with van der Waals surface area (Å²) >= 11 is 0. The van der Waals surface area contributed by atoms with E-state index >= 15 is 0 Å².